The molecular weight excluding hydrogens is 232 g/mol. The minimum absolute atomic E-state index is 0.332. The minimum atomic E-state index is -0.464. The molecular formula is C12H14N4O2. The van der Waals surface area contributed by atoms with Gasteiger partial charge < -0.3 is 14.4 Å². The van der Waals surface area contributed by atoms with E-state index in [0.717, 1.165) is 25.2 Å². The Kier molecular flexibility index (Phi) is 2.86. The summed E-state index contributed by atoms with van der Waals surface area (Å²) in [6.07, 6.45) is 1.93. The summed E-state index contributed by atoms with van der Waals surface area (Å²) in [6, 6.07) is 5.46. The summed E-state index contributed by atoms with van der Waals surface area (Å²) in [5, 5.41) is 16.6. The Labute approximate surface area is 105 Å². The third-order valence-electron chi connectivity index (χ3n) is 3.32. The Balaban J connectivity index is 1.77. The lowest BCUT2D eigenvalue weighted by Gasteiger charge is -2.38. The van der Waals surface area contributed by atoms with E-state index in [9.17, 15) is 0 Å². The molecule has 3 rings (SSSR count). The first-order valence-corrected chi connectivity index (χ1v) is 6.08. The first-order valence-electron chi connectivity index (χ1n) is 6.08. The number of hydrogen-bond acceptors (Lipinski definition) is 6. The third-order valence-corrected chi connectivity index (χ3v) is 3.32. The molecule has 2 fully saturated rings. The van der Waals surface area contributed by atoms with Gasteiger partial charge in [0.05, 0.1) is 19.8 Å². The van der Waals surface area contributed by atoms with Gasteiger partial charge in [0.1, 0.15) is 6.07 Å². The van der Waals surface area contributed by atoms with Crippen LogP contribution >= 0.6 is 0 Å². The number of nitriles is 1. The molecule has 18 heavy (non-hydrogen) atoms. The second-order valence-electron chi connectivity index (χ2n) is 4.52. The lowest BCUT2D eigenvalue weighted by molar-refractivity contribution is -0.161. The topological polar surface area (TPSA) is 71.3 Å². The van der Waals surface area contributed by atoms with Crippen LogP contribution in [0.15, 0.2) is 12.1 Å². The number of hydrogen-bond donors (Lipinski definition) is 0. The van der Waals surface area contributed by atoms with Crippen LogP contribution in [0.2, 0.25) is 0 Å². The van der Waals surface area contributed by atoms with Crippen LogP contribution in [-0.2, 0) is 9.47 Å². The molecule has 2 saturated heterocycles. The van der Waals surface area contributed by atoms with Gasteiger partial charge in [-0.2, -0.15) is 5.26 Å². The first-order chi connectivity index (χ1) is 8.81. The molecule has 6 nitrogen and oxygen atoms in total. The highest BCUT2D eigenvalue weighted by molar-refractivity contribution is 5.40. The fourth-order valence-corrected chi connectivity index (χ4v) is 2.47. The SMILES string of the molecule is N#Cc1ccc(N2CCCC3(C2)OCCO3)nn1. The predicted molar refractivity (Wildman–Crippen MR) is 62.8 cm³/mol. The van der Waals surface area contributed by atoms with Crippen LogP contribution in [0.5, 0.6) is 0 Å². The van der Waals surface area contributed by atoms with Gasteiger partial charge in [0.2, 0.25) is 0 Å². The maximum absolute atomic E-state index is 8.70. The summed E-state index contributed by atoms with van der Waals surface area (Å²) in [5.41, 5.74) is 0.332. The van der Waals surface area contributed by atoms with Crippen LogP contribution in [0.25, 0.3) is 0 Å². The zero-order valence-electron chi connectivity index (χ0n) is 10.0. The van der Waals surface area contributed by atoms with Crippen molar-refractivity contribution < 1.29 is 9.47 Å². The normalized spacial score (nSPS) is 22.1. The monoisotopic (exact) mass is 246 g/mol. The van der Waals surface area contributed by atoms with Crippen molar-refractivity contribution in [2.45, 2.75) is 18.6 Å². The lowest BCUT2D eigenvalue weighted by atomic mass is 10.0. The number of piperidine rings is 1. The average molecular weight is 246 g/mol. The van der Waals surface area contributed by atoms with Crippen molar-refractivity contribution in [2.75, 3.05) is 31.2 Å². The number of rotatable bonds is 1. The smallest absolute Gasteiger partial charge is 0.186 e. The number of aromatic nitrogens is 2. The van der Waals surface area contributed by atoms with Gasteiger partial charge in [-0.25, -0.2) is 0 Å². The average Bonchev–Trinajstić information content (AvgIpc) is 2.87. The van der Waals surface area contributed by atoms with Gasteiger partial charge >= 0.3 is 0 Å². The lowest BCUT2D eigenvalue weighted by Crippen LogP contribution is -2.49. The molecule has 0 aromatic carbocycles. The fraction of sp³-hybridized carbons (Fsp3) is 0.583. The highest BCUT2D eigenvalue weighted by Crippen LogP contribution is 2.31. The van der Waals surface area contributed by atoms with E-state index in [0.29, 0.717) is 25.5 Å². The third kappa shape index (κ3) is 2.03. The molecule has 2 aliphatic rings. The molecule has 1 aromatic rings. The van der Waals surface area contributed by atoms with Crippen LogP contribution in [0.3, 0.4) is 0 Å². The standard InChI is InChI=1S/C12H14N4O2/c13-8-10-2-3-11(15-14-10)16-5-1-4-12(9-16)17-6-7-18-12/h2-3H,1,4-7,9H2. The number of nitrogens with zero attached hydrogens (tertiary/aromatic N) is 4. The molecule has 1 spiro atoms. The second kappa shape index (κ2) is 4.52. The maximum atomic E-state index is 8.70. The van der Waals surface area contributed by atoms with Crippen LogP contribution in [0.4, 0.5) is 5.82 Å². The van der Waals surface area contributed by atoms with E-state index in [1.54, 1.807) is 6.07 Å². The van der Waals surface area contributed by atoms with Crippen molar-refractivity contribution in [2.24, 2.45) is 0 Å². The maximum Gasteiger partial charge on any atom is 0.186 e. The van der Waals surface area contributed by atoms with Gasteiger partial charge in [-0.05, 0) is 18.6 Å². The molecule has 94 valence electrons. The Morgan fingerprint density at radius 2 is 2.11 bits per heavy atom. The highest BCUT2D eigenvalue weighted by atomic mass is 16.7. The zero-order valence-corrected chi connectivity index (χ0v) is 10.0. The summed E-state index contributed by atoms with van der Waals surface area (Å²) < 4.78 is 11.4. The van der Waals surface area contributed by atoms with Crippen LogP contribution in [0.1, 0.15) is 18.5 Å². The van der Waals surface area contributed by atoms with Gasteiger partial charge in [0.15, 0.2) is 17.3 Å². The Morgan fingerprint density at radius 3 is 2.78 bits per heavy atom. The van der Waals surface area contributed by atoms with Gasteiger partial charge in [-0.1, -0.05) is 0 Å². The molecule has 3 heterocycles. The second-order valence-corrected chi connectivity index (χ2v) is 4.52. The van der Waals surface area contributed by atoms with E-state index in [1.165, 1.54) is 0 Å². The largest absolute Gasteiger partial charge is 0.350 e. The van der Waals surface area contributed by atoms with Crippen molar-refractivity contribution in [3.8, 4) is 6.07 Å². The zero-order chi connectivity index (χ0) is 12.4. The Morgan fingerprint density at radius 1 is 1.28 bits per heavy atom. The van der Waals surface area contributed by atoms with Gasteiger partial charge in [-0.3, -0.25) is 0 Å². The van der Waals surface area contributed by atoms with Gasteiger partial charge in [-0.15, -0.1) is 10.2 Å². The molecule has 1 aromatic heterocycles. The number of anilines is 1. The quantitative estimate of drug-likeness (QED) is 0.726. The molecule has 0 saturated carbocycles. The van der Waals surface area contributed by atoms with Crippen LogP contribution < -0.4 is 4.90 Å². The first kappa shape index (κ1) is 11.4. The summed E-state index contributed by atoms with van der Waals surface area (Å²) >= 11 is 0. The van der Waals surface area contributed by atoms with E-state index in [2.05, 4.69) is 15.1 Å². The summed E-state index contributed by atoms with van der Waals surface area (Å²) in [7, 11) is 0. The summed E-state index contributed by atoms with van der Waals surface area (Å²) in [5.74, 6) is 0.306. The molecule has 0 N–H and O–H groups in total. The van der Waals surface area contributed by atoms with E-state index in [1.807, 2.05) is 12.1 Å². The molecule has 6 heteroatoms. The summed E-state index contributed by atoms with van der Waals surface area (Å²) in [6.45, 7) is 2.91. The molecule has 0 unspecified atom stereocenters. The molecule has 2 aliphatic heterocycles. The van der Waals surface area contributed by atoms with Crippen molar-refractivity contribution in [1.82, 2.24) is 10.2 Å². The van der Waals surface area contributed by atoms with E-state index < -0.39 is 5.79 Å². The van der Waals surface area contributed by atoms with E-state index in [4.69, 9.17) is 14.7 Å². The minimum Gasteiger partial charge on any atom is -0.350 e. The van der Waals surface area contributed by atoms with Crippen molar-refractivity contribution >= 4 is 5.82 Å². The molecule has 0 bridgehead atoms. The molecule has 0 atom stereocenters. The Hall–Kier alpha value is -1.71. The van der Waals surface area contributed by atoms with Crippen LogP contribution in [-0.4, -0.2) is 42.3 Å². The number of ether oxygens (including phenoxy) is 2. The van der Waals surface area contributed by atoms with E-state index in [-0.39, 0.29) is 0 Å². The van der Waals surface area contributed by atoms with Gasteiger partial charge in [0, 0.05) is 13.0 Å². The molecule has 0 radical (unpaired) electrons. The fourth-order valence-electron chi connectivity index (χ4n) is 2.47. The van der Waals surface area contributed by atoms with Crippen molar-refractivity contribution in [3.63, 3.8) is 0 Å². The van der Waals surface area contributed by atoms with Crippen LogP contribution in [0, 0.1) is 11.3 Å². The predicted octanol–water partition coefficient (Wildman–Crippen LogP) is 0.692. The highest BCUT2D eigenvalue weighted by Gasteiger charge is 2.41. The van der Waals surface area contributed by atoms with Crippen molar-refractivity contribution in [1.29, 1.82) is 5.26 Å². The molecule has 0 amide bonds. The summed E-state index contributed by atoms with van der Waals surface area (Å²) in [4.78, 5) is 2.10. The van der Waals surface area contributed by atoms with Crippen molar-refractivity contribution in [3.05, 3.63) is 17.8 Å². The van der Waals surface area contributed by atoms with Gasteiger partial charge in [0.25, 0.3) is 0 Å². The Bertz CT molecular complexity index is 462. The van der Waals surface area contributed by atoms with E-state index >= 15 is 0 Å². The molecule has 0 aliphatic carbocycles.